The van der Waals surface area contributed by atoms with Gasteiger partial charge in [-0.3, -0.25) is 5.84 Å². The number of nitrogens with zero attached hydrogens (tertiary/aromatic N) is 2. The smallest absolute Gasteiger partial charge is 0.152 e. The summed E-state index contributed by atoms with van der Waals surface area (Å²) in [5.41, 5.74) is 1.14. The van der Waals surface area contributed by atoms with Gasteiger partial charge in [0.15, 0.2) is 5.75 Å². The minimum atomic E-state index is 0.257. The van der Waals surface area contributed by atoms with E-state index in [2.05, 4.69) is 27.0 Å². The highest BCUT2D eigenvalue weighted by Crippen LogP contribution is 2.32. The Morgan fingerprint density at radius 1 is 1.50 bits per heavy atom. The van der Waals surface area contributed by atoms with Gasteiger partial charge in [0.1, 0.15) is 4.60 Å². The number of rotatable bonds is 3. The molecule has 0 aromatic carbocycles. The zero-order valence-electron chi connectivity index (χ0n) is 10.7. The first-order valence-electron chi connectivity index (χ1n) is 6.52. The Hall–Kier alpha value is -0.650. The molecule has 0 unspecified atom stereocenters. The summed E-state index contributed by atoms with van der Waals surface area (Å²) in [5.74, 6) is 6.92. The van der Waals surface area contributed by atoms with Crippen molar-refractivity contribution in [1.29, 1.82) is 0 Å². The Bertz CT molecular complexity index is 400. The molecule has 1 aliphatic heterocycles. The van der Waals surface area contributed by atoms with Crippen molar-refractivity contribution >= 4 is 15.9 Å². The van der Waals surface area contributed by atoms with E-state index in [0.29, 0.717) is 6.61 Å². The van der Waals surface area contributed by atoms with Gasteiger partial charge in [-0.15, -0.1) is 0 Å². The molecule has 0 spiro atoms. The normalized spacial score (nSPS) is 21.6. The monoisotopic (exact) mass is 313 g/mol. The zero-order chi connectivity index (χ0) is 13.0. The van der Waals surface area contributed by atoms with Crippen LogP contribution in [-0.2, 0) is 0 Å². The first kappa shape index (κ1) is 13.8. The van der Waals surface area contributed by atoms with Crippen molar-refractivity contribution in [2.24, 2.45) is 5.84 Å². The third kappa shape index (κ3) is 3.22. The van der Waals surface area contributed by atoms with Crippen molar-refractivity contribution in [1.82, 2.24) is 9.99 Å². The molecule has 100 valence electrons. The van der Waals surface area contributed by atoms with Gasteiger partial charge in [-0.2, -0.15) is 0 Å². The van der Waals surface area contributed by atoms with Crippen LogP contribution in [0.3, 0.4) is 0 Å². The van der Waals surface area contributed by atoms with E-state index in [1.54, 1.807) is 0 Å². The van der Waals surface area contributed by atoms with Crippen LogP contribution >= 0.6 is 15.9 Å². The number of aromatic nitrogens is 1. The van der Waals surface area contributed by atoms with Gasteiger partial charge in [0.25, 0.3) is 0 Å². The van der Waals surface area contributed by atoms with Crippen LogP contribution in [0.2, 0.25) is 0 Å². The lowest BCUT2D eigenvalue weighted by Crippen LogP contribution is -2.35. The molecule has 1 aromatic heterocycles. The maximum absolute atomic E-state index is 6.13. The Balaban J connectivity index is 2.23. The number of hydrazine groups is 1. The molecular formula is C13H20BrN3O. The molecule has 1 aliphatic rings. The SMILES string of the molecule is CCOc1cc([C@@H]2CCCCCN2N)cnc1Br. The molecule has 2 heterocycles. The average molecular weight is 314 g/mol. The van der Waals surface area contributed by atoms with Crippen LogP contribution in [0, 0.1) is 0 Å². The minimum absolute atomic E-state index is 0.257. The molecule has 1 atom stereocenters. The lowest BCUT2D eigenvalue weighted by atomic mass is 10.0. The van der Waals surface area contributed by atoms with Crippen LogP contribution in [0.5, 0.6) is 5.75 Å². The number of pyridine rings is 1. The van der Waals surface area contributed by atoms with E-state index < -0.39 is 0 Å². The fourth-order valence-electron chi connectivity index (χ4n) is 2.37. The zero-order valence-corrected chi connectivity index (χ0v) is 12.3. The molecular weight excluding hydrogens is 294 g/mol. The first-order chi connectivity index (χ1) is 8.72. The highest BCUT2D eigenvalue weighted by molar-refractivity contribution is 9.10. The molecule has 0 saturated carbocycles. The summed E-state index contributed by atoms with van der Waals surface area (Å²) in [6, 6.07) is 2.31. The number of nitrogens with two attached hydrogens (primary N) is 1. The largest absolute Gasteiger partial charge is 0.491 e. The van der Waals surface area contributed by atoms with Crippen LogP contribution in [0.25, 0.3) is 0 Å². The van der Waals surface area contributed by atoms with Gasteiger partial charge in [-0.25, -0.2) is 9.99 Å². The summed E-state index contributed by atoms with van der Waals surface area (Å²) in [6.07, 6.45) is 6.63. The molecule has 2 N–H and O–H groups in total. The van der Waals surface area contributed by atoms with E-state index >= 15 is 0 Å². The molecule has 4 nitrogen and oxygen atoms in total. The van der Waals surface area contributed by atoms with Crippen molar-refractivity contribution in [2.45, 2.75) is 38.6 Å². The molecule has 1 fully saturated rings. The molecule has 1 aromatic rings. The van der Waals surface area contributed by atoms with Crippen molar-refractivity contribution in [3.05, 3.63) is 22.4 Å². The molecule has 0 bridgehead atoms. The fourth-order valence-corrected chi connectivity index (χ4v) is 2.70. The molecule has 0 aliphatic carbocycles. The lowest BCUT2D eigenvalue weighted by Gasteiger charge is -2.25. The molecule has 5 heteroatoms. The number of hydrogen-bond acceptors (Lipinski definition) is 4. The Morgan fingerprint density at radius 2 is 2.33 bits per heavy atom. The molecule has 0 amide bonds. The quantitative estimate of drug-likeness (QED) is 0.688. The summed E-state index contributed by atoms with van der Waals surface area (Å²) in [6.45, 7) is 3.56. The molecule has 0 radical (unpaired) electrons. The predicted octanol–water partition coefficient (Wildman–Crippen LogP) is 3.03. The van der Waals surface area contributed by atoms with E-state index in [-0.39, 0.29) is 6.04 Å². The van der Waals surface area contributed by atoms with E-state index in [4.69, 9.17) is 10.6 Å². The maximum Gasteiger partial charge on any atom is 0.152 e. The summed E-state index contributed by atoms with van der Waals surface area (Å²) < 4.78 is 6.32. The second-order valence-corrected chi connectivity index (χ2v) is 5.34. The first-order valence-corrected chi connectivity index (χ1v) is 7.31. The summed E-state index contributed by atoms with van der Waals surface area (Å²) >= 11 is 3.41. The van der Waals surface area contributed by atoms with Crippen LogP contribution in [0.15, 0.2) is 16.9 Å². The predicted molar refractivity (Wildman–Crippen MR) is 75.2 cm³/mol. The second-order valence-electron chi connectivity index (χ2n) is 4.59. The molecule has 18 heavy (non-hydrogen) atoms. The highest BCUT2D eigenvalue weighted by atomic mass is 79.9. The van der Waals surface area contributed by atoms with E-state index in [1.807, 2.05) is 18.1 Å². The Labute approximate surface area is 117 Å². The van der Waals surface area contributed by atoms with Gasteiger partial charge in [0, 0.05) is 12.7 Å². The van der Waals surface area contributed by atoms with Gasteiger partial charge in [-0.1, -0.05) is 12.8 Å². The van der Waals surface area contributed by atoms with E-state index in [1.165, 1.54) is 19.3 Å². The van der Waals surface area contributed by atoms with Crippen molar-refractivity contribution in [2.75, 3.05) is 13.2 Å². The Morgan fingerprint density at radius 3 is 3.11 bits per heavy atom. The third-order valence-electron chi connectivity index (χ3n) is 3.31. The van der Waals surface area contributed by atoms with Crippen molar-refractivity contribution in [3.63, 3.8) is 0 Å². The van der Waals surface area contributed by atoms with Crippen LogP contribution in [-0.4, -0.2) is 23.1 Å². The molecule has 2 rings (SSSR count). The fraction of sp³-hybridized carbons (Fsp3) is 0.615. The van der Waals surface area contributed by atoms with E-state index in [9.17, 15) is 0 Å². The number of hydrogen-bond donors (Lipinski definition) is 1. The van der Waals surface area contributed by atoms with Gasteiger partial charge in [0.05, 0.1) is 12.6 Å². The summed E-state index contributed by atoms with van der Waals surface area (Å²) in [4.78, 5) is 4.35. The van der Waals surface area contributed by atoms with Crippen molar-refractivity contribution in [3.8, 4) is 5.75 Å². The lowest BCUT2D eigenvalue weighted by molar-refractivity contribution is 0.205. The maximum atomic E-state index is 6.13. The van der Waals surface area contributed by atoms with Gasteiger partial charge < -0.3 is 4.74 Å². The minimum Gasteiger partial charge on any atom is -0.491 e. The van der Waals surface area contributed by atoms with E-state index in [0.717, 1.165) is 28.9 Å². The Kier molecular flexibility index (Phi) is 4.97. The average Bonchev–Trinajstić information content (AvgIpc) is 2.57. The summed E-state index contributed by atoms with van der Waals surface area (Å²) in [5, 5.41) is 1.94. The van der Waals surface area contributed by atoms with Crippen LogP contribution in [0.4, 0.5) is 0 Å². The van der Waals surface area contributed by atoms with Crippen LogP contribution in [0.1, 0.15) is 44.2 Å². The number of ether oxygens (including phenoxy) is 1. The van der Waals surface area contributed by atoms with Crippen molar-refractivity contribution < 1.29 is 4.74 Å². The second kappa shape index (κ2) is 6.50. The molecule has 1 saturated heterocycles. The number of halogens is 1. The van der Waals surface area contributed by atoms with Gasteiger partial charge in [-0.05, 0) is 47.3 Å². The van der Waals surface area contributed by atoms with Gasteiger partial charge in [0.2, 0.25) is 0 Å². The topological polar surface area (TPSA) is 51.4 Å². The van der Waals surface area contributed by atoms with Crippen LogP contribution < -0.4 is 10.6 Å². The van der Waals surface area contributed by atoms with Gasteiger partial charge >= 0.3 is 0 Å². The highest BCUT2D eigenvalue weighted by Gasteiger charge is 2.21. The third-order valence-corrected chi connectivity index (χ3v) is 3.90. The standard InChI is InChI=1S/C13H20BrN3O/c1-2-18-12-8-10(9-16-13(12)14)11-6-4-3-5-7-17(11)15/h8-9,11H,2-7,15H2,1H3/t11-/m0/s1. The summed E-state index contributed by atoms with van der Waals surface area (Å²) in [7, 11) is 0.